The van der Waals surface area contributed by atoms with Crippen LogP contribution in [0.4, 0.5) is 0 Å². The first kappa shape index (κ1) is 16.9. The largest absolute Gasteiger partial charge is 0.352 e. The molecule has 0 spiro atoms. The number of hydrogen-bond acceptors (Lipinski definition) is 5. The van der Waals surface area contributed by atoms with E-state index in [1.807, 2.05) is 13.8 Å². The molecule has 1 fully saturated rings. The Morgan fingerprint density at radius 2 is 1.80 bits per heavy atom. The van der Waals surface area contributed by atoms with Crippen molar-refractivity contribution in [3.63, 3.8) is 0 Å². The van der Waals surface area contributed by atoms with Gasteiger partial charge in [-0.3, -0.25) is 9.59 Å². The summed E-state index contributed by atoms with van der Waals surface area (Å²) in [5.41, 5.74) is 5.65. The number of nitrogens with two attached hydrogens (primary N) is 1. The lowest BCUT2D eigenvalue weighted by Gasteiger charge is -2.23. The van der Waals surface area contributed by atoms with Gasteiger partial charge in [0.1, 0.15) is 9.84 Å². The van der Waals surface area contributed by atoms with Gasteiger partial charge < -0.3 is 16.4 Å². The van der Waals surface area contributed by atoms with Gasteiger partial charge in [0.15, 0.2) is 0 Å². The molecule has 1 aliphatic rings. The molecule has 1 saturated heterocycles. The van der Waals surface area contributed by atoms with Crippen LogP contribution in [-0.2, 0) is 19.4 Å². The van der Waals surface area contributed by atoms with E-state index in [1.54, 1.807) is 0 Å². The van der Waals surface area contributed by atoms with Crippen molar-refractivity contribution in [3.8, 4) is 0 Å². The normalized spacial score (nSPS) is 20.4. The van der Waals surface area contributed by atoms with Crippen LogP contribution in [0.5, 0.6) is 0 Å². The molecule has 0 aromatic carbocycles. The Morgan fingerprint density at radius 3 is 2.30 bits per heavy atom. The zero-order valence-corrected chi connectivity index (χ0v) is 12.7. The quantitative estimate of drug-likeness (QED) is 0.588. The van der Waals surface area contributed by atoms with E-state index < -0.39 is 15.9 Å². The molecule has 0 saturated carbocycles. The fourth-order valence-corrected chi connectivity index (χ4v) is 3.39. The molecular weight excluding hydrogens is 282 g/mol. The number of rotatable bonds is 5. The second-order valence-electron chi connectivity index (χ2n) is 5.48. The Balaban J connectivity index is 2.29. The molecule has 0 unspecified atom stereocenters. The topological polar surface area (TPSA) is 118 Å². The summed E-state index contributed by atoms with van der Waals surface area (Å²) in [5, 5.41) is 5.20. The van der Waals surface area contributed by atoms with Crippen molar-refractivity contribution in [3.05, 3.63) is 0 Å². The molecule has 0 radical (unpaired) electrons. The van der Waals surface area contributed by atoms with Crippen molar-refractivity contribution >= 4 is 21.7 Å². The summed E-state index contributed by atoms with van der Waals surface area (Å²) in [6.07, 6.45) is 0.848. The highest BCUT2D eigenvalue weighted by Crippen LogP contribution is 2.11. The summed E-state index contributed by atoms with van der Waals surface area (Å²) >= 11 is 0. The third kappa shape index (κ3) is 5.46. The van der Waals surface area contributed by atoms with Crippen LogP contribution in [0.25, 0.3) is 0 Å². The molecule has 7 nitrogen and oxygen atoms in total. The van der Waals surface area contributed by atoms with E-state index in [9.17, 15) is 18.0 Å². The third-order valence-electron chi connectivity index (χ3n) is 3.36. The Hall–Kier alpha value is -1.15. The lowest BCUT2D eigenvalue weighted by molar-refractivity contribution is -0.127. The minimum Gasteiger partial charge on any atom is -0.352 e. The van der Waals surface area contributed by atoms with Gasteiger partial charge in [0.25, 0.3) is 0 Å². The standard InChI is InChI=1S/C12H23N3O4S/c1-8(2)11(13)12(17)14-7-10(16)15-9-3-5-20(18,19)6-4-9/h8-9,11H,3-7,13H2,1-2H3,(H,14,17)(H,15,16)/t11-/m0/s1. The van der Waals surface area contributed by atoms with Crippen molar-refractivity contribution in [1.29, 1.82) is 0 Å². The fraction of sp³-hybridized carbons (Fsp3) is 0.833. The van der Waals surface area contributed by atoms with Gasteiger partial charge in [-0.1, -0.05) is 13.8 Å². The Morgan fingerprint density at radius 1 is 1.25 bits per heavy atom. The fourth-order valence-electron chi connectivity index (χ4n) is 1.90. The van der Waals surface area contributed by atoms with Gasteiger partial charge in [0, 0.05) is 6.04 Å². The third-order valence-corrected chi connectivity index (χ3v) is 5.08. The van der Waals surface area contributed by atoms with Crippen molar-refractivity contribution in [1.82, 2.24) is 10.6 Å². The van der Waals surface area contributed by atoms with Gasteiger partial charge in [0.05, 0.1) is 24.1 Å². The summed E-state index contributed by atoms with van der Waals surface area (Å²) in [5.74, 6) is -0.480. The lowest BCUT2D eigenvalue weighted by Crippen LogP contribution is -2.49. The maximum atomic E-state index is 11.7. The molecule has 1 rings (SSSR count). The lowest BCUT2D eigenvalue weighted by atomic mass is 10.1. The number of carbonyl (C=O) groups is 2. The van der Waals surface area contributed by atoms with E-state index in [-0.39, 0.29) is 41.8 Å². The van der Waals surface area contributed by atoms with Gasteiger partial charge in [-0.15, -0.1) is 0 Å². The predicted molar refractivity (Wildman–Crippen MR) is 75.6 cm³/mol. The maximum Gasteiger partial charge on any atom is 0.239 e. The minimum atomic E-state index is -2.94. The zero-order chi connectivity index (χ0) is 15.3. The summed E-state index contributed by atoms with van der Waals surface area (Å²) in [4.78, 5) is 23.2. The molecule has 1 heterocycles. The van der Waals surface area contributed by atoms with Crippen LogP contribution in [0, 0.1) is 5.92 Å². The molecule has 0 aliphatic carbocycles. The number of sulfone groups is 1. The smallest absolute Gasteiger partial charge is 0.239 e. The number of hydrogen-bond donors (Lipinski definition) is 3. The highest BCUT2D eigenvalue weighted by molar-refractivity contribution is 7.91. The molecule has 1 aliphatic heterocycles. The summed E-state index contributed by atoms with van der Waals surface area (Å²) < 4.78 is 22.5. The summed E-state index contributed by atoms with van der Waals surface area (Å²) in [6, 6.07) is -0.774. The second-order valence-corrected chi connectivity index (χ2v) is 7.78. The van der Waals surface area contributed by atoms with Crippen LogP contribution in [0.15, 0.2) is 0 Å². The van der Waals surface area contributed by atoms with Crippen LogP contribution in [0.3, 0.4) is 0 Å². The first-order valence-corrected chi connectivity index (χ1v) is 8.56. The van der Waals surface area contributed by atoms with E-state index in [2.05, 4.69) is 10.6 Å². The van der Waals surface area contributed by atoms with Crippen LogP contribution in [-0.4, -0.2) is 50.4 Å². The molecule has 0 aromatic rings. The van der Waals surface area contributed by atoms with E-state index in [1.165, 1.54) is 0 Å². The molecule has 0 bridgehead atoms. The van der Waals surface area contributed by atoms with Crippen LogP contribution in [0.2, 0.25) is 0 Å². The van der Waals surface area contributed by atoms with E-state index >= 15 is 0 Å². The first-order chi connectivity index (χ1) is 9.21. The number of carbonyl (C=O) groups excluding carboxylic acids is 2. The summed E-state index contributed by atoms with van der Waals surface area (Å²) in [7, 11) is -2.94. The highest BCUT2D eigenvalue weighted by Gasteiger charge is 2.25. The van der Waals surface area contributed by atoms with Crippen LogP contribution in [0.1, 0.15) is 26.7 Å². The monoisotopic (exact) mass is 305 g/mol. The molecule has 4 N–H and O–H groups in total. The molecule has 8 heteroatoms. The molecule has 1 atom stereocenters. The highest BCUT2D eigenvalue weighted by atomic mass is 32.2. The first-order valence-electron chi connectivity index (χ1n) is 6.74. The van der Waals surface area contributed by atoms with Crippen LogP contribution >= 0.6 is 0 Å². The van der Waals surface area contributed by atoms with Crippen molar-refractivity contribution in [2.75, 3.05) is 18.1 Å². The Labute approximate surface area is 119 Å². The SMILES string of the molecule is CC(C)[C@H](N)C(=O)NCC(=O)NC1CCS(=O)(=O)CC1. The van der Waals surface area contributed by atoms with Gasteiger partial charge in [-0.25, -0.2) is 8.42 Å². The van der Waals surface area contributed by atoms with E-state index in [0.717, 1.165) is 0 Å². The average molecular weight is 305 g/mol. The zero-order valence-electron chi connectivity index (χ0n) is 11.9. The van der Waals surface area contributed by atoms with E-state index in [4.69, 9.17) is 5.73 Å². The Bertz CT molecular complexity index is 447. The van der Waals surface area contributed by atoms with Gasteiger partial charge in [-0.05, 0) is 18.8 Å². The average Bonchev–Trinajstić information content (AvgIpc) is 2.37. The Kier molecular flexibility index (Phi) is 5.94. The van der Waals surface area contributed by atoms with Crippen LogP contribution < -0.4 is 16.4 Å². The molecule has 116 valence electrons. The van der Waals surface area contributed by atoms with Crippen molar-refractivity contribution in [2.45, 2.75) is 38.8 Å². The molecular formula is C12H23N3O4S. The van der Waals surface area contributed by atoms with Gasteiger partial charge >= 0.3 is 0 Å². The summed E-state index contributed by atoms with van der Waals surface area (Å²) in [6.45, 7) is 3.52. The van der Waals surface area contributed by atoms with E-state index in [0.29, 0.717) is 12.8 Å². The minimum absolute atomic E-state index is 0.00149. The van der Waals surface area contributed by atoms with Crippen molar-refractivity contribution in [2.24, 2.45) is 11.7 Å². The van der Waals surface area contributed by atoms with Gasteiger partial charge in [0.2, 0.25) is 11.8 Å². The van der Waals surface area contributed by atoms with Crippen molar-refractivity contribution < 1.29 is 18.0 Å². The number of amides is 2. The predicted octanol–water partition coefficient (Wildman–Crippen LogP) is -1.22. The molecule has 0 aromatic heterocycles. The van der Waals surface area contributed by atoms with Gasteiger partial charge in [-0.2, -0.15) is 0 Å². The molecule has 20 heavy (non-hydrogen) atoms. The number of nitrogens with one attached hydrogen (secondary N) is 2. The molecule has 2 amide bonds. The maximum absolute atomic E-state index is 11.7. The second kappa shape index (κ2) is 7.03.